The number of carbonyl (C=O) groups is 1. The predicted molar refractivity (Wildman–Crippen MR) is 75.5 cm³/mol. The highest BCUT2D eigenvalue weighted by Crippen LogP contribution is 2.13. The van der Waals surface area contributed by atoms with Crippen LogP contribution in [0.2, 0.25) is 5.02 Å². The van der Waals surface area contributed by atoms with E-state index in [9.17, 15) is 9.18 Å². The Labute approximate surface area is 115 Å². The van der Waals surface area contributed by atoms with E-state index >= 15 is 0 Å². The molecule has 0 atom stereocenters. The maximum atomic E-state index is 12.9. The van der Waals surface area contributed by atoms with Crippen LogP contribution in [-0.2, 0) is 4.79 Å². The van der Waals surface area contributed by atoms with Gasteiger partial charge in [0.25, 0.3) is 0 Å². The molecule has 0 heterocycles. The molecule has 0 fully saturated rings. The molecule has 0 spiro atoms. The molecule has 0 aliphatic heterocycles. The molecule has 4 heteroatoms. The molecule has 2 nitrogen and oxygen atoms in total. The molecule has 0 saturated carbocycles. The van der Waals surface area contributed by atoms with Gasteiger partial charge in [0.15, 0.2) is 0 Å². The van der Waals surface area contributed by atoms with Crippen molar-refractivity contribution in [2.24, 2.45) is 0 Å². The van der Waals surface area contributed by atoms with Crippen molar-refractivity contribution in [1.29, 1.82) is 0 Å². The molecule has 0 saturated heterocycles. The molecule has 0 aliphatic rings. The highest BCUT2D eigenvalue weighted by molar-refractivity contribution is 6.30. The molecule has 0 bridgehead atoms. The lowest BCUT2D eigenvalue weighted by Crippen LogP contribution is -2.07. The maximum Gasteiger partial charge on any atom is 0.248 e. The van der Waals surface area contributed by atoms with Crippen molar-refractivity contribution >= 4 is 29.3 Å². The highest BCUT2D eigenvalue weighted by atomic mass is 35.5. The van der Waals surface area contributed by atoms with Crippen molar-refractivity contribution in [3.63, 3.8) is 0 Å². The molecule has 0 radical (unpaired) electrons. The zero-order valence-electron chi connectivity index (χ0n) is 9.94. The van der Waals surface area contributed by atoms with E-state index < -0.39 is 0 Å². The Morgan fingerprint density at radius 1 is 1.16 bits per heavy atom. The summed E-state index contributed by atoms with van der Waals surface area (Å²) >= 11 is 5.74. The van der Waals surface area contributed by atoms with E-state index in [1.54, 1.807) is 42.5 Å². The number of hydrogen-bond acceptors (Lipinski definition) is 1. The lowest BCUT2D eigenvalue weighted by atomic mass is 10.2. The van der Waals surface area contributed by atoms with Gasteiger partial charge in [0.1, 0.15) is 5.82 Å². The first-order valence-electron chi connectivity index (χ1n) is 5.64. The fourth-order valence-electron chi connectivity index (χ4n) is 1.50. The van der Waals surface area contributed by atoms with Crippen LogP contribution >= 0.6 is 11.6 Å². The molecular formula is C15H11ClFNO. The fourth-order valence-corrected chi connectivity index (χ4v) is 1.63. The second kappa shape index (κ2) is 6.16. The molecule has 2 rings (SSSR count). The third-order valence-electron chi connectivity index (χ3n) is 2.39. The summed E-state index contributed by atoms with van der Waals surface area (Å²) in [5, 5.41) is 3.28. The minimum atomic E-state index is -0.333. The first-order chi connectivity index (χ1) is 9.13. The summed E-state index contributed by atoms with van der Waals surface area (Å²) in [6.07, 6.45) is 2.90. The van der Waals surface area contributed by atoms with Crippen molar-refractivity contribution in [2.45, 2.75) is 0 Å². The van der Waals surface area contributed by atoms with Gasteiger partial charge in [-0.1, -0.05) is 23.7 Å². The topological polar surface area (TPSA) is 29.1 Å². The summed E-state index contributed by atoms with van der Waals surface area (Å²) in [5.41, 5.74) is 1.28. The van der Waals surface area contributed by atoms with Gasteiger partial charge >= 0.3 is 0 Å². The van der Waals surface area contributed by atoms with Crippen LogP contribution in [0.15, 0.2) is 54.6 Å². The Balaban J connectivity index is 1.99. The van der Waals surface area contributed by atoms with E-state index in [1.807, 2.05) is 0 Å². The Hall–Kier alpha value is -2.13. The van der Waals surface area contributed by atoms with Crippen molar-refractivity contribution in [2.75, 3.05) is 5.32 Å². The van der Waals surface area contributed by atoms with Crippen molar-refractivity contribution in [3.05, 3.63) is 71.0 Å². The van der Waals surface area contributed by atoms with Gasteiger partial charge in [-0.05, 0) is 48.0 Å². The predicted octanol–water partition coefficient (Wildman–Crippen LogP) is 4.13. The monoisotopic (exact) mass is 275 g/mol. The summed E-state index contributed by atoms with van der Waals surface area (Å²) in [4.78, 5) is 11.6. The molecule has 1 N–H and O–H groups in total. The molecule has 2 aromatic carbocycles. The van der Waals surface area contributed by atoms with Crippen LogP contribution in [0, 0.1) is 5.82 Å². The van der Waals surface area contributed by atoms with Crippen LogP contribution in [0.4, 0.5) is 10.1 Å². The number of rotatable bonds is 3. The zero-order valence-corrected chi connectivity index (χ0v) is 10.7. The molecule has 2 aromatic rings. The molecule has 0 aliphatic carbocycles. The first kappa shape index (κ1) is 13.3. The van der Waals surface area contributed by atoms with E-state index in [0.29, 0.717) is 16.3 Å². The minimum Gasteiger partial charge on any atom is -0.323 e. The summed E-state index contributed by atoms with van der Waals surface area (Å²) in [6.45, 7) is 0. The summed E-state index contributed by atoms with van der Waals surface area (Å²) in [7, 11) is 0. The first-order valence-corrected chi connectivity index (χ1v) is 6.01. The van der Waals surface area contributed by atoms with Gasteiger partial charge in [0.2, 0.25) is 5.91 Å². The van der Waals surface area contributed by atoms with Crippen LogP contribution < -0.4 is 5.32 Å². The molecule has 0 aromatic heterocycles. The Kier molecular flexibility index (Phi) is 4.31. The van der Waals surface area contributed by atoms with Gasteiger partial charge in [0.05, 0.1) is 0 Å². The number of anilines is 1. The number of amides is 1. The number of nitrogens with one attached hydrogen (secondary N) is 1. The van der Waals surface area contributed by atoms with Gasteiger partial charge in [-0.15, -0.1) is 0 Å². The molecule has 19 heavy (non-hydrogen) atoms. The summed E-state index contributed by atoms with van der Waals surface area (Å²) < 4.78 is 12.9. The second-order valence-corrected chi connectivity index (χ2v) is 4.32. The second-order valence-electron chi connectivity index (χ2n) is 3.88. The van der Waals surface area contributed by atoms with E-state index in [4.69, 9.17) is 11.6 Å². The highest BCUT2D eigenvalue weighted by Gasteiger charge is 1.98. The van der Waals surface area contributed by atoms with Crippen LogP contribution in [0.3, 0.4) is 0 Å². The normalized spacial score (nSPS) is 10.6. The lowest BCUT2D eigenvalue weighted by Gasteiger charge is -2.01. The van der Waals surface area contributed by atoms with E-state index in [0.717, 1.165) is 0 Å². The van der Waals surface area contributed by atoms with Gasteiger partial charge in [-0.2, -0.15) is 0 Å². The SMILES string of the molecule is O=C(/C=C/c1cccc(F)c1)Nc1ccc(Cl)cc1. The van der Waals surface area contributed by atoms with E-state index in [-0.39, 0.29) is 11.7 Å². The maximum absolute atomic E-state index is 12.9. The van der Waals surface area contributed by atoms with Crippen LogP contribution in [0.1, 0.15) is 5.56 Å². The quantitative estimate of drug-likeness (QED) is 0.839. The molecular weight excluding hydrogens is 265 g/mol. The van der Waals surface area contributed by atoms with Gasteiger partial charge in [-0.25, -0.2) is 4.39 Å². The number of benzene rings is 2. The molecule has 1 amide bonds. The molecule has 0 unspecified atom stereocenters. The fraction of sp³-hybridized carbons (Fsp3) is 0. The zero-order chi connectivity index (χ0) is 13.7. The number of hydrogen-bond donors (Lipinski definition) is 1. The average molecular weight is 276 g/mol. The third kappa shape index (κ3) is 4.23. The third-order valence-corrected chi connectivity index (χ3v) is 2.64. The summed E-state index contributed by atoms with van der Waals surface area (Å²) in [5.74, 6) is -0.619. The van der Waals surface area contributed by atoms with Gasteiger partial charge in [-0.3, -0.25) is 4.79 Å². The van der Waals surface area contributed by atoms with E-state index in [1.165, 1.54) is 18.2 Å². The van der Waals surface area contributed by atoms with Gasteiger partial charge in [0, 0.05) is 16.8 Å². The van der Waals surface area contributed by atoms with E-state index in [2.05, 4.69) is 5.32 Å². The summed E-state index contributed by atoms with van der Waals surface area (Å²) in [6, 6.07) is 12.8. The Morgan fingerprint density at radius 3 is 2.58 bits per heavy atom. The number of halogens is 2. The van der Waals surface area contributed by atoms with Crippen molar-refractivity contribution in [1.82, 2.24) is 0 Å². The lowest BCUT2D eigenvalue weighted by molar-refractivity contribution is -0.111. The minimum absolute atomic E-state index is 0.286. The van der Waals surface area contributed by atoms with Crippen LogP contribution in [0.5, 0.6) is 0 Å². The average Bonchev–Trinajstić information content (AvgIpc) is 2.39. The van der Waals surface area contributed by atoms with Crippen molar-refractivity contribution in [3.8, 4) is 0 Å². The van der Waals surface area contributed by atoms with Gasteiger partial charge < -0.3 is 5.32 Å². The smallest absolute Gasteiger partial charge is 0.248 e. The Morgan fingerprint density at radius 2 is 1.89 bits per heavy atom. The van der Waals surface area contributed by atoms with Crippen LogP contribution in [-0.4, -0.2) is 5.91 Å². The van der Waals surface area contributed by atoms with Crippen LogP contribution in [0.25, 0.3) is 6.08 Å². The largest absolute Gasteiger partial charge is 0.323 e. The van der Waals surface area contributed by atoms with Crippen molar-refractivity contribution < 1.29 is 9.18 Å². The number of carbonyl (C=O) groups excluding carboxylic acids is 1. The standard InChI is InChI=1S/C15H11ClFNO/c16-12-5-7-14(8-6-12)18-15(19)9-4-11-2-1-3-13(17)10-11/h1-10H,(H,18,19)/b9-4+. The Bertz CT molecular complexity index is 608. The molecule has 96 valence electrons.